The fourth-order valence-electron chi connectivity index (χ4n) is 1.72. The molecule has 0 aromatic rings. The third-order valence-electron chi connectivity index (χ3n) is 2.83. The Labute approximate surface area is 114 Å². The maximum Gasteiger partial charge on any atom is 0.326 e. The number of nitrogens with zero attached hydrogens (tertiary/aromatic N) is 1. The van der Waals surface area contributed by atoms with E-state index in [0.29, 0.717) is 6.54 Å². The number of aliphatic hydroxyl groups excluding tert-OH is 1. The van der Waals surface area contributed by atoms with Crippen LogP contribution in [0.25, 0.3) is 0 Å². The number of likely N-dealkylation sites (N-methyl/N-ethyl adjacent to an activating group) is 1. The van der Waals surface area contributed by atoms with E-state index in [-0.39, 0.29) is 19.1 Å². The van der Waals surface area contributed by atoms with Crippen LogP contribution in [0.1, 0.15) is 27.2 Å². The molecule has 7 heteroatoms. The number of amides is 2. The van der Waals surface area contributed by atoms with Gasteiger partial charge in [0.15, 0.2) is 0 Å². The molecular weight excluding hydrogens is 250 g/mol. The number of aliphatic hydroxyl groups is 1. The Kier molecular flexibility index (Phi) is 8.90. The number of aliphatic carboxylic acids is 1. The minimum absolute atomic E-state index is 0.00677. The topological polar surface area (TPSA) is 102 Å². The van der Waals surface area contributed by atoms with Gasteiger partial charge in [-0.1, -0.05) is 13.8 Å². The molecule has 0 aromatic carbocycles. The highest BCUT2D eigenvalue weighted by molar-refractivity contribution is 5.82. The summed E-state index contributed by atoms with van der Waals surface area (Å²) in [6.45, 7) is 8.15. The summed E-state index contributed by atoms with van der Waals surface area (Å²) in [6, 6.07) is -1.67. The minimum Gasteiger partial charge on any atom is -0.480 e. The average Bonchev–Trinajstić information content (AvgIpc) is 2.35. The van der Waals surface area contributed by atoms with E-state index in [1.165, 1.54) is 0 Å². The van der Waals surface area contributed by atoms with Crippen LogP contribution >= 0.6 is 0 Å². The summed E-state index contributed by atoms with van der Waals surface area (Å²) < 4.78 is 0. The normalized spacial score (nSPS) is 13.9. The van der Waals surface area contributed by atoms with E-state index in [4.69, 9.17) is 10.2 Å². The molecule has 0 aromatic heterocycles. The number of carbonyl (C=O) groups excluding carboxylic acids is 1. The lowest BCUT2D eigenvalue weighted by Gasteiger charge is -2.24. The molecule has 0 fully saturated rings. The van der Waals surface area contributed by atoms with Gasteiger partial charge in [0.25, 0.3) is 0 Å². The van der Waals surface area contributed by atoms with Gasteiger partial charge >= 0.3 is 12.0 Å². The zero-order valence-electron chi connectivity index (χ0n) is 11.8. The number of hydrogen-bond donors (Lipinski definition) is 4. The molecule has 0 heterocycles. The van der Waals surface area contributed by atoms with Gasteiger partial charge in [-0.15, -0.1) is 0 Å². The summed E-state index contributed by atoms with van der Waals surface area (Å²) in [5.41, 5.74) is 0. The number of urea groups is 1. The van der Waals surface area contributed by atoms with Crippen LogP contribution in [0.4, 0.5) is 4.79 Å². The van der Waals surface area contributed by atoms with Gasteiger partial charge in [-0.3, -0.25) is 0 Å². The van der Waals surface area contributed by atoms with Crippen molar-refractivity contribution >= 4 is 12.0 Å². The monoisotopic (exact) mass is 275 g/mol. The first-order chi connectivity index (χ1) is 8.94. The van der Waals surface area contributed by atoms with E-state index in [9.17, 15) is 9.59 Å². The zero-order valence-corrected chi connectivity index (χ0v) is 11.8. The second-order valence-electron chi connectivity index (χ2n) is 4.41. The summed E-state index contributed by atoms with van der Waals surface area (Å²) in [7, 11) is 0. The van der Waals surface area contributed by atoms with E-state index in [1.54, 1.807) is 0 Å². The lowest BCUT2D eigenvalue weighted by atomic mass is 10.2. The highest BCUT2D eigenvalue weighted by atomic mass is 16.4. The molecule has 1 unspecified atom stereocenters. The zero-order chi connectivity index (χ0) is 14.8. The van der Waals surface area contributed by atoms with Crippen molar-refractivity contribution in [3.63, 3.8) is 0 Å². The molecule has 0 bridgehead atoms. The van der Waals surface area contributed by atoms with Crippen molar-refractivity contribution in [3.05, 3.63) is 0 Å². The average molecular weight is 275 g/mol. The lowest BCUT2D eigenvalue weighted by Crippen LogP contribution is -2.51. The highest BCUT2D eigenvalue weighted by Gasteiger charge is 2.20. The van der Waals surface area contributed by atoms with E-state index in [0.717, 1.165) is 13.1 Å². The van der Waals surface area contributed by atoms with Gasteiger partial charge in [-0.2, -0.15) is 0 Å². The summed E-state index contributed by atoms with van der Waals surface area (Å²) in [5.74, 6) is -1.15. The van der Waals surface area contributed by atoms with Gasteiger partial charge in [0.05, 0.1) is 0 Å². The van der Waals surface area contributed by atoms with Crippen LogP contribution in [0.2, 0.25) is 0 Å². The molecule has 0 saturated heterocycles. The highest BCUT2D eigenvalue weighted by Crippen LogP contribution is 1.94. The minimum atomic E-state index is -1.15. The summed E-state index contributed by atoms with van der Waals surface area (Å²) >= 11 is 0. The molecule has 0 aliphatic heterocycles. The Morgan fingerprint density at radius 1 is 1.21 bits per heavy atom. The van der Waals surface area contributed by atoms with Gasteiger partial charge in [-0.05, 0) is 20.0 Å². The summed E-state index contributed by atoms with van der Waals surface area (Å²) in [5, 5.41) is 22.6. The molecule has 0 spiro atoms. The van der Waals surface area contributed by atoms with Crippen LogP contribution in [0.3, 0.4) is 0 Å². The third kappa shape index (κ3) is 7.63. The maximum atomic E-state index is 11.6. The van der Waals surface area contributed by atoms with Crippen molar-refractivity contribution < 1.29 is 19.8 Å². The van der Waals surface area contributed by atoms with Crippen molar-refractivity contribution in [1.82, 2.24) is 15.5 Å². The van der Waals surface area contributed by atoms with Crippen molar-refractivity contribution in [1.29, 1.82) is 0 Å². The summed E-state index contributed by atoms with van der Waals surface area (Å²) in [6.07, 6.45) is -0.00677. The molecule has 0 radical (unpaired) electrons. The second-order valence-corrected chi connectivity index (χ2v) is 4.41. The molecule has 0 rings (SSSR count). The van der Waals surface area contributed by atoms with Crippen LogP contribution in [-0.2, 0) is 4.79 Å². The standard InChI is InChI=1S/C12H25N3O4/c1-4-15(5-2)8-9(3)13-12(19)14-10(6-7-16)11(17)18/h9-10,16H,4-8H2,1-3H3,(H,17,18)(H2,13,14,19)/t9?,10-/m0/s1. The fraction of sp³-hybridized carbons (Fsp3) is 0.833. The van der Waals surface area contributed by atoms with E-state index in [1.807, 2.05) is 20.8 Å². The number of carboxylic acids is 1. The van der Waals surface area contributed by atoms with Gasteiger partial charge < -0.3 is 25.7 Å². The molecule has 2 atom stereocenters. The second kappa shape index (κ2) is 9.57. The number of rotatable bonds is 9. The Morgan fingerprint density at radius 3 is 2.21 bits per heavy atom. The van der Waals surface area contributed by atoms with Crippen LogP contribution in [0.5, 0.6) is 0 Å². The first kappa shape index (κ1) is 17.7. The molecule has 0 aliphatic rings. The Bertz CT molecular complexity index is 282. The molecule has 4 N–H and O–H groups in total. The third-order valence-corrected chi connectivity index (χ3v) is 2.83. The van der Waals surface area contributed by atoms with Gasteiger partial charge in [0.2, 0.25) is 0 Å². The van der Waals surface area contributed by atoms with Crippen molar-refractivity contribution in [2.75, 3.05) is 26.2 Å². The lowest BCUT2D eigenvalue weighted by molar-refractivity contribution is -0.139. The van der Waals surface area contributed by atoms with Gasteiger partial charge in [0.1, 0.15) is 6.04 Å². The number of hydrogen-bond acceptors (Lipinski definition) is 4. The quantitative estimate of drug-likeness (QED) is 0.469. The molecule has 2 amide bonds. The largest absolute Gasteiger partial charge is 0.480 e. The fourth-order valence-corrected chi connectivity index (χ4v) is 1.72. The van der Waals surface area contributed by atoms with E-state index >= 15 is 0 Å². The number of nitrogens with one attached hydrogen (secondary N) is 2. The van der Waals surface area contributed by atoms with Crippen LogP contribution in [-0.4, -0.2) is 65.4 Å². The molecular formula is C12H25N3O4. The van der Waals surface area contributed by atoms with Crippen LogP contribution in [0, 0.1) is 0 Å². The van der Waals surface area contributed by atoms with Crippen LogP contribution in [0.15, 0.2) is 0 Å². The molecule has 0 aliphatic carbocycles. The van der Waals surface area contributed by atoms with Crippen molar-refractivity contribution in [2.45, 2.75) is 39.3 Å². The Balaban J connectivity index is 4.17. The first-order valence-electron chi connectivity index (χ1n) is 6.57. The van der Waals surface area contributed by atoms with Gasteiger partial charge in [0, 0.05) is 25.6 Å². The summed E-state index contributed by atoms with van der Waals surface area (Å²) in [4.78, 5) is 24.6. The maximum absolute atomic E-state index is 11.6. The smallest absolute Gasteiger partial charge is 0.326 e. The predicted octanol–water partition coefficient (Wildman–Crippen LogP) is -0.148. The van der Waals surface area contributed by atoms with Crippen molar-refractivity contribution in [2.24, 2.45) is 0 Å². The first-order valence-corrected chi connectivity index (χ1v) is 6.57. The van der Waals surface area contributed by atoms with E-state index < -0.39 is 18.0 Å². The SMILES string of the molecule is CCN(CC)CC(C)NC(=O)N[C@@H](CCO)C(=O)O. The van der Waals surface area contributed by atoms with E-state index in [2.05, 4.69) is 15.5 Å². The van der Waals surface area contributed by atoms with Crippen molar-refractivity contribution in [3.8, 4) is 0 Å². The van der Waals surface area contributed by atoms with Gasteiger partial charge in [-0.25, -0.2) is 9.59 Å². The van der Waals surface area contributed by atoms with Crippen LogP contribution < -0.4 is 10.6 Å². The molecule has 7 nitrogen and oxygen atoms in total. The predicted molar refractivity (Wildman–Crippen MR) is 72.0 cm³/mol. The number of carboxylic acid groups (broad SMARTS) is 1. The Hall–Kier alpha value is -1.34. The Morgan fingerprint density at radius 2 is 1.79 bits per heavy atom. The molecule has 19 heavy (non-hydrogen) atoms. The molecule has 0 saturated carbocycles. The number of carbonyl (C=O) groups is 2. The molecule has 112 valence electrons.